The maximum Gasteiger partial charge on any atom is 0.411 e. The largest absolute Gasteiger partial charge is 0.446 e. The van der Waals surface area contributed by atoms with Gasteiger partial charge in [0, 0.05) is 28.8 Å². The van der Waals surface area contributed by atoms with Gasteiger partial charge in [0.15, 0.2) is 0 Å². The van der Waals surface area contributed by atoms with Crippen molar-refractivity contribution in [2.24, 2.45) is 5.92 Å². The fraction of sp³-hybridized carbons (Fsp3) is 0.452. The summed E-state index contributed by atoms with van der Waals surface area (Å²) in [5.41, 5.74) is 1.32. The minimum atomic E-state index is -0.410. The molecule has 0 spiro atoms. The van der Waals surface area contributed by atoms with E-state index in [4.69, 9.17) is 9.57 Å². The third-order valence-corrected chi connectivity index (χ3v) is 8.43. The van der Waals surface area contributed by atoms with Crippen molar-refractivity contribution < 1.29 is 14.4 Å². The smallest absolute Gasteiger partial charge is 0.411 e. The molecule has 5 nitrogen and oxygen atoms in total. The first kappa shape index (κ1) is 26.2. The first-order chi connectivity index (χ1) is 17.2. The summed E-state index contributed by atoms with van der Waals surface area (Å²) in [6.45, 7) is 13.1. The number of carbonyl (C=O) groups is 1. The highest BCUT2D eigenvalue weighted by Crippen LogP contribution is 2.48. The molecule has 0 aliphatic carbocycles. The number of anilines is 1. The topological polar surface area (TPSA) is 50.8 Å². The van der Waals surface area contributed by atoms with Gasteiger partial charge in [0.05, 0.1) is 5.69 Å². The molecule has 0 radical (unpaired) electrons. The van der Waals surface area contributed by atoms with E-state index in [0.717, 1.165) is 34.9 Å². The Bertz CT molecular complexity index is 1180. The lowest BCUT2D eigenvalue weighted by Gasteiger charge is -2.59. The zero-order chi connectivity index (χ0) is 25.9. The van der Waals surface area contributed by atoms with Crippen LogP contribution in [0.2, 0.25) is 0 Å². The monoisotopic (exact) mass is 488 g/mol. The lowest BCUT2D eigenvalue weighted by atomic mass is 9.69. The number of hydroxylamine groups is 2. The summed E-state index contributed by atoms with van der Waals surface area (Å²) >= 11 is 0. The number of benzene rings is 3. The van der Waals surface area contributed by atoms with Crippen LogP contribution in [0.5, 0.6) is 0 Å². The van der Waals surface area contributed by atoms with Gasteiger partial charge in [0.1, 0.15) is 12.2 Å². The van der Waals surface area contributed by atoms with Crippen LogP contribution in [-0.4, -0.2) is 28.3 Å². The van der Waals surface area contributed by atoms with E-state index in [0.29, 0.717) is 6.42 Å². The number of carbonyl (C=O) groups excluding carboxylic acids is 1. The molecule has 0 saturated carbocycles. The van der Waals surface area contributed by atoms with Gasteiger partial charge in [-0.3, -0.25) is 10.2 Å². The maximum atomic E-state index is 13.1. The average molecular weight is 489 g/mol. The first-order valence-electron chi connectivity index (χ1n) is 13.2. The van der Waals surface area contributed by atoms with Crippen LogP contribution in [0.3, 0.4) is 0 Å². The summed E-state index contributed by atoms with van der Waals surface area (Å²) in [4.78, 5) is 19.9. The van der Waals surface area contributed by atoms with Crippen LogP contribution in [0, 0.1) is 5.92 Å². The molecule has 5 unspecified atom stereocenters. The second kappa shape index (κ2) is 10.6. The van der Waals surface area contributed by atoms with Gasteiger partial charge in [-0.05, 0) is 50.6 Å². The number of hydrogen-bond donors (Lipinski definition) is 1. The van der Waals surface area contributed by atoms with Crippen LogP contribution in [-0.2, 0) is 9.57 Å². The van der Waals surface area contributed by atoms with E-state index in [9.17, 15) is 4.79 Å². The fourth-order valence-corrected chi connectivity index (χ4v) is 5.59. The molecule has 3 aromatic rings. The molecular formula is C31H40N2O3. The number of nitrogens with zero attached hydrogens (tertiary/aromatic N) is 1. The molecule has 0 bridgehead atoms. The van der Waals surface area contributed by atoms with Crippen molar-refractivity contribution in [2.75, 3.05) is 5.32 Å². The van der Waals surface area contributed by atoms with Crippen molar-refractivity contribution in [3.63, 3.8) is 0 Å². The lowest BCUT2D eigenvalue weighted by molar-refractivity contribution is -0.335. The molecule has 5 heteroatoms. The van der Waals surface area contributed by atoms with Crippen LogP contribution < -0.4 is 5.32 Å². The summed E-state index contributed by atoms with van der Waals surface area (Å²) in [5, 5.41) is 7.31. The Morgan fingerprint density at radius 2 is 1.67 bits per heavy atom. The molecule has 1 N–H and O–H groups in total. The molecule has 1 amide bonds. The van der Waals surface area contributed by atoms with Gasteiger partial charge in [-0.2, -0.15) is 5.06 Å². The predicted molar refractivity (Wildman–Crippen MR) is 147 cm³/mol. The number of fused-ring (bicyclic) bond motifs is 1. The minimum absolute atomic E-state index is 0.0726. The highest BCUT2D eigenvalue weighted by atomic mass is 16.7. The Balaban J connectivity index is 1.55. The number of hydrogen-bond acceptors (Lipinski definition) is 4. The highest BCUT2D eigenvalue weighted by Gasteiger charge is 2.55. The van der Waals surface area contributed by atoms with Gasteiger partial charge < -0.3 is 4.74 Å². The zero-order valence-electron chi connectivity index (χ0n) is 22.5. The molecule has 192 valence electrons. The van der Waals surface area contributed by atoms with E-state index < -0.39 is 6.09 Å². The number of ether oxygens (including phenoxy) is 1. The zero-order valence-corrected chi connectivity index (χ0v) is 22.5. The summed E-state index contributed by atoms with van der Waals surface area (Å²) in [6.07, 6.45) is 1.72. The Morgan fingerprint density at radius 3 is 2.36 bits per heavy atom. The molecule has 0 aromatic heterocycles. The predicted octanol–water partition coefficient (Wildman–Crippen LogP) is 8.13. The molecule has 1 fully saturated rings. The second-order valence-electron chi connectivity index (χ2n) is 10.6. The van der Waals surface area contributed by atoms with Crippen LogP contribution in [0.25, 0.3) is 10.8 Å². The summed E-state index contributed by atoms with van der Waals surface area (Å²) < 4.78 is 6.16. The standard InChI is InChI=1S/C31H40N2O3/c1-7-30(5)21-28(35-29(34)32-27-20-14-18-25-17-12-13-19-26(25)27)22(3)31(6,8-2)33(30)36-23(4)24-15-10-9-11-16-24/h9-20,22-23,28H,7-8,21H2,1-6H3,(H,32,34). The quantitative estimate of drug-likeness (QED) is 0.365. The number of amides is 1. The Kier molecular flexibility index (Phi) is 7.72. The fourth-order valence-electron chi connectivity index (χ4n) is 5.59. The molecule has 3 aromatic carbocycles. The van der Waals surface area contributed by atoms with E-state index in [2.05, 4.69) is 64.1 Å². The number of rotatable bonds is 7. The Hall–Kier alpha value is -2.89. The van der Waals surface area contributed by atoms with E-state index >= 15 is 0 Å². The molecule has 36 heavy (non-hydrogen) atoms. The molecule has 5 atom stereocenters. The van der Waals surface area contributed by atoms with E-state index in [1.54, 1.807) is 0 Å². The minimum Gasteiger partial charge on any atom is -0.446 e. The lowest BCUT2D eigenvalue weighted by Crippen LogP contribution is -2.68. The third kappa shape index (κ3) is 5.00. The van der Waals surface area contributed by atoms with E-state index in [-0.39, 0.29) is 29.2 Å². The summed E-state index contributed by atoms with van der Waals surface area (Å²) in [7, 11) is 0. The first-order valence-corrected chi connectivity index (χ1v) is 13.2. The van der Waals surface area contributed by atoms with Gasteiger partial charge in [0.2, 0.25) is 0 Å². The molecule has 1 aliphatic heterocycles. The van der Waals surface area contributed by atoms with Gasteiger partial charge in [-0.25, -0.2) is 4.79 Å². The van der Waals surface area contributed by atoms with Gasteiger partial charge in [0.25, 0.3) is 0 Å². The number of nitrogens with one attached hydrogen (secondary N) is 1. The van der Waals surface area contributed by atoms with Crippen LogP contribution >= 0.6 is 0 Å². The SMILES string of the molecule is CCC1(C)CC(OC(=O)Nc2cccc3ccccc23)C(C)C(C)(CC)N1OC(C)c1ccccc1. The van der Waals surface area contributed by atoms with Crippen LogP contribution in [0.4, 0.5) is 10.5 Å². The molecule has 1 heterocycles. The summed E-state index contributed by atoms with van der Waals surface area (Å²) in [5.74, 6) is 0.0726. The van der Waals surface area contributed by atoms with Crippen molar-refractivity contribution in [3.05, 3.63) is 78.4 Å². The average Bonchev–Trinajstić information content (AvgIpc) is 2.90. The molecule has 1 saturated heterocycles. The highest BCUT2D eigenvalue weighted by molar-refractivity contribution is 6.00. The molecule has 1 aliphatic rings. The Labute approximate surface area is 215 Å². The second-order valence-corrected chi connectivity index (χ2v) is 10.6. The van der Waals surface area contributed by atoms with Gasteiger partial charge in [-0.1, -0.05) is 87.5 Å². The molecular weight excluding hydrogens is 448 g/mol. The maximum absolute atomic E-state index is 13.1. The van der Waals surface area contributed by atoms with Crippen molar-refractivity contribution >= 4 is 22.6 Å². The number of piperidine rings is 1. The third-order valence-electron chi connectivity index (χ3n) is 8.43. The van der Waals surface area contributed by atoms with Crippen LogP contribution in [0.1, 0.15) is 72.5 Å². The van der Waals surface area contributed by atoms with E-state index in [1.807, 2.05) is 60.7 Å². The normalized spacial score (nSPS) is 27.5. The van der Waals surface area contributed by atoms with E-state index in [1.165, 1.54) is 0 Å². The Morgan fingerprint density at radius 1 is 1.00 bits per heavy atom. The van der Waals surface area contributed by atoms with Gasteiger partial charge in [-0.15, -0.1) is 0 Å². The van der Waals surface area contributed by atoms with Crippen molar-refractivity contribution in [2.45, 2.75) is 84.1 Å². The molecule has 4 rings (SSSR count). The summed E-state index contributed by atoms with van der Waals surface area (Å²) in [6, 6.07) is 24.3. The van der Waals surface area contributed by atoms with Crippen molar-refractivity contribution in [1.29, 1.82) is 0 Å². The van der Waals surface area contributed by atoms with Crippen molar-refractivity contribution in [3.8, 4) is 0 Å². The van der Waals surface area contributed by atoms with Crippen molar-refractivity contribution in [1.82, 2.24) is 5.06 Å². The van der Waals surface area contributed by atoms with Crippen LogP contribution in [0.15, 0.2) is 72.8 Å². The van der Waals surface area contributed by atoms with Gasteiger partial charge >= 0.3 is 6.09 Å².